The van der Waals surface area contributed by atoms with Gasteiger partial charge < -0.3 is 5.32 Å². The van der Waals surface area contributed by atoms with E-state index in [1.165, 1.54) is 17.7 Å². The number of rotatable bonds is 6. The third-order valence-corrected chi connectivity index (χ3v) is 4.06. The first-order valence-electron chi connectivity index (χ1n) is 5.88. The van der Waals surface area contributed by atoms with Gasteiger partial charge in [0.1, 0.15) is 0 Å². The van der Waals surface area contributed by atoms with Gasteiger partial charge in [-0.2, -0.15) is 0 Å². The van der Waals surface area contributed by atoms with Crippen molar-refractivity contribution in [1.29, 1.82) is 0 Å². The van der Waals surface area contributed by atoms with Crippen LogP contribution in [-0.2, 0) is 0 Å². The highest BCUT2D eigenvalue weighted by Gasteiger charge is 2.29. The lowest BCUT2D eigenvalue weighted by atomic mass is 9.81. The lowest BCUT2D eigenvalue weighted by molar-refractivity contribution is 0.238. The number of thiophene rings is 1. The Morgan fingerprint density at radius 1 is 1.40 bits per heavy atom. The zero-order valence-corrected chi connectivity index (χ0v) is 11.2. The van der Waals surface area contributed by atoms with Gasteiger partial charge >= 0.3 is 0 Å². The molecule has 2 heteroatoms. The Balaban J connectivity index is 2.78. The van der Waals surface area contributed by atoms with Gasteiger partial charge in [-0.05, 0) is 36.2 Å². The molecule has 1 rings (SSSR count). The zero-order valence-electron chi connectivity index (χ0n) is 10.3. The van der Waals surface area contributed by atoms with E-state index in [9.17, 15) is 0 Å². The number of nitrogens with one attached hydrogen (secondary N) is 1. The fraction of sp³-hybridized carbons (Fsp3) is 0.692. The molecule has 0 fully saturated rings. The van der Waals surface area contributed by atoms with Gasteiger partial charge in [0.15, 0.2) is 0 Å². The van der Waals surface area contributed by atoms with Gasteiger partial charge in [0.2, 0.25) is 0 Å². The van der Waals surface area contributed by atoms with Crippen LogP contribution in [-0.4, -0.2) is 6.54 Å². The average Bonchev–Trinajstić information content (AvgIpc) is 2.71. The molecule has 1 nitrogen and oxygen atoms in total. The molecule has 1 heterocycles. The van der Waals surface area contributed by atoms with Gasteiger partial charge in [-0.1, -0.05) is 33.8 Å². The van der Waals surface area contributed by atoms with Crippen molar-refractivity contribution in [2.75, 3.05) is 6.54 Å². The van der Waals surface area contributed by atoms with Crippen molar-refractivity contribution in [3.8, 4) is 0 Å². The standard InChI is InChI=1S/C13H23NS/c1-5-9-14-12(13(3,4)6-2)11-8-7-10-15-11/h7-8,10,12,14H,5-6,9H2,1-4H3. The summed E-state index contributed by atoms with van der Waals surface area (Å²) in [7, 11) is 0. The highest BCUT2D eigenvalue weighted by molar-refractivity contribution is 7.10. The molecule has 0 aliphatic carbocycles. The SMILES string of the molecule is CCCNC(c1cccs1)C(C)(C)CC. The zero-order chi connectivity index (χ0) is 11.3. The smallest absolute Gasteiger partial charge is 0.0466 e. The van der Waals surface area contributed by atoms with E-state index in [2.05, 4.69) is 50.5 Å². The first-order valence-corrected chi connectivity index (χ1v) is 6.76. The summed E-state index contributed by atoms with van der Waals surface area (Å²) in [6, 6.07) is 4.89. The van der Waals surface area contributed by atoms with Gasteiger partial charge in [-0.25, -0.2) is 0 Å². The van der Waals surface area contributed by atoms with E-state index in [0.717, 1.165) is 6.54 Å². The van der Waals surface area contributed by atoms with Crippen molar-refractivity contribution in [1.82, 2.24) is 5.32 Å². The molecule has 86 valence electrons. The Bertz CT molecular complexity index is 264. The largest absolute Gasteiger partial charge is 0.309 e. The van der Waals surface area contributed by atoms with Gasteiger partial charge in [-0.3, -0.25) is 0 Å². The third kappa shape index (κ3) is 3.32. The molecule has 1 unspecified atom stereocenters. The molecule has 0 aliphatic rings. The van der Waals surface area contributed by atoms with Crippen molar-refractivity contribution in [2.45, 2.75) is 46.6 Å². The summed E-state index contributed by atoms with van der Waals surface area (Å²) >= 11 is 1.86. The molecule has 1 atom stereocenters. The molecule has 1 N–H and O–H groups in total. The van der Waals surface area contributed by atoms with Gasteiger partial charge in [0.05, 0.1) is 0 Å². The fourth-order valence-corrected chi connectivity index (χ4v) is 2.72. The Morgan fingerprint density at radius 2 is 2.13 bits per heavy atom. The second-order valence-corrected chi connectivity index (χ2v) is 5.72. The van der Waals surface area contributed by atoms with Crippen molar-refractivity contribution in [2.24, 2.45) is 5.41 Å². The maximum absolute atomic E-state index is 3.67. The van der Waals surface area contributed by atoms with Crippen LogP contribution in [0.1, 0.15) is 51.5 Å². The molecule has 0 aromatic carbocycles. The minimum absolute atomic E-state index is 0.333. The van der Waals surface area contributed by atoms with E-state index in [0.29, 0.717) is 11.5 Å². The lowest BCUT2D eigenvalue weighted by Crippen LogP contribution is -2.33. The predicted molar refractivity (Wildman–Crippen MR) is 69.4 cm³/mol. The van der Waals surface area contributed by atoms with Crippen LogP contribution in [0, 0.1) is 5.41 Å². The number of hydrogen-bond donors (Lipinski definition) is 1. The van der Waals surface area contributed by atoms with Gasteiger partial charge in [0.25, 0.3) is 0 Å². The minimum Gasteiger partial charge on any atom is -0.309 e. The van der Waals surface area contributed by atoms with E-state index in [1.807, 2.05) is 11.3 Å². The van der Waals surface area contributed by atoms with Crippen LogP contribution in [0.25, 0.3) is 0 Å². The van der Waals surface area contributed by atoms with E-state index in [-0.39, 0.29) is 0 Å². The quantitative estimate of drug-likeness (QED) is 0.764. The summed E-state index contributed by atoms with van der Waals surface area (Å²) in [4.78, 5) is 1.47. The van der Waals surface area contributed by atoms with E-state index in [1.54, 1.807) is 0 Å². The monoisotopic (exact) mass is 225 g/mol. The van der Waals surface area contributed by atoms with Gasteiger partial charge in [-0.15, -0.1) is 11.3 Å². The van der Waals surface area contributed by atoms with E-state index < -0.39 is 0 Å². The first-order chi connectivity index (χ1) is 7.11. The maximum Gasteiger partial charge on any atom is 0.0466 e. The Hall–Kier alpha value is -0.340. The minimum atomic E-state index is 0.333. The van der Waals surface area contributed by atoms with Crippen LogP contribution in [0.15, 0.2) is 17.5 Å². The molecular formula is C13H23NS. The molecule has 1 aromatic heterocycles. The van der Waals surface area contributed by atoms with Crippen LogP contribution in [0.5, 0.6) is 0 Å². The van der Waals surface area contributed by atoms with Crippen LogP contribution in [0.3, 0.4) is 0 Å². The second kappa shape index (κ2) is 5.66. The fourth-order valence-electron chi connectivity index (χ4n) is 1.71. The van der Waals surface area contributed by atoms with Crippen molar-refractivity contribution >= 4 is 11.3 Å². The molecule has 1 aromatic rings. The Morgan fingerprint density at radius 3 is 2.60 bits per heavy atom. The highest BCUT2D eigenvalue weighted by Crippen LogP contribution is 2.38. The molecule has 0 aliphatic heterocycles. The van der Waals surface area contributed by atoms with Crippen LogP contribution < -0.4 is 5.32 Å². The predicted octanol–water partition coefficient (Wildman–Crippen LogP) is 4.23. The average molecular weight is 225 g/mol. The molecule has 0 radical (unpaired) electrons. The van der Waals surface area contributed by atoms with Crippen LogP contribution in [0.2, 0.25) is 0 Å². The molecule has 0 spiro atoms. The summed E-state index contributed by atoms with van der Waals surface area (Å²) < 4.78 is 0. The molecular weight excluding hydrogens is 202 g/mol. The van der Waals surface area contributed by atoms with Crippen LogP contribution >= 0.6 is 11.3 Å². The first kappa shape index (κ1) is 12.7. The van der Waals surface area contributed by atoms with Crippen molar-refractivity contribution < 1.29 is 0 Å². The molecule has 0 bridgehead atoms. The lowest BCUT2D eigenvalue weighted by Gasteiger charge is -2.33. The summed E-state index contributed by atoms with van der Waals surface area (Å²) in [6.45, 7) is 10.3. The van der Waals surface area contributed by atoms with Gasteiger partial charge in [0, 0.05) is 10.9 Å². The third-order valence-electron chi connectivity index (χ3n) is 3.12. The van der Waals surface area contributed by atoms with Crippen molar-refractivity contribution in [3.63, 3.8) is 0 Å². The number of hydrogen-bond acceptors (Lipinski definition) is 2. The summed E-state index contributed by atoms with van der Waals surface area (Å²) in [5.74, 6) is 0. The normalized spacial score (nSPS) is 14.1. The Labute approximate surface area is 97.9 Å². The van der Waals surface area contributed by atoms with Crippen LogP contribution in [0.4, 0.5) is 0 Å². The maximum atomic E-state index is 3.67. The Kier molecular flexibility index (Phi) is 4.81. The molecule has 0 saturated carbocycles. The topological polar surface area (TPSA) is 12.0 Å². The van der Waals surface area contributed by atoms with E-state index >= 15 is 0 Å². The molecule has 0 saturated heterocycles. The summed E-state index contributed by atoms with van der Waals surface area (Å²) in [5.41, 5.74) is 0.333. The summed E-state index contributed by atoms with van der Waals surface area (Å²) in [6.07, 6.45) is 2.40. The highest BCUT2D eigenvalue weighted by atomic mass is 32.1. The van der Waals surface area contributed by atoms with E-state index in [4.69, 9.17) is 0 Å². The molecule has 0 amide bonds. The van der Waals surface area contributed by atoms with Crippen molar-refractivity contribution in [3.05, 3.63) is 22.4 Å². The second-order valence-electron chi connectivity index (χ2n) is 4.74. The summed E-state index contributed by atoms with van der Waals surface area (Å²) in [5, 5.41) is 5.84. The molecule has 15 heavy (non-hydrogen) atoms.